The Morgan fingerprint density at radius 2 is 2.18 bits per heavy atom. The average molecular weight is 276 g/mol. The van der Waals surface area contributed by atoms with Gasteiger partial charge < -0.3 is 5.73 Å². The highest BCUT2D eigenvalue weighted by Crippen LogP contribution is 2.17. The van der Waals surface area contributed by atoms with Crippen LogP contribution >= 0.6 is 12.2 Å². The van der Waals surface area contributed by atoms with Crippen LogP contribution in [-0.4, -0.2) is 19.2 Å². The second-order valence-electron chi connectivity index (χ2n) is 3.48. The Bertz CT molecular complexity index is 529. The lowest BCUT2D eigenvalue weighted by atomic mass is 10.2. The second-order valence-corrected chi connectivity index (χ2v) is 5.76. The van der Waals surface area contributed by atoms with Gasteiger partial charge in [0, 0.05) is 5.56 Å². The van der Waals surface area contributed by atoms with Gasteiger partial charge in [0.25, 0.3) is 0 Å². The van der Waals surface area contributed by atoms with E-state index in [2.05, 4.69) is 16.9 Å². The Hall–Kier alpha value is -1.21. The van der Waals surface area contributed by atoms with Gasteiger partial charge in [-0.05, 0) is 24.6 Å². The number of thiocarbonyl (C=S) groups is 1. The van der Waals surface area contributed by atoms with Gasteiger partial charge in [-0.3, -0.25) is 4.72 Å². The molecule has 0 radical (unpaired) electrons. The fraction of sp³-hybridized carbons (Fsp3) is 0.300. The van der Waals surface area contributed by atoms with E-state index in [1.807, 2.05) is 0 Å². The molecule has 0 unspecified atom stereocenters. The molecule has 4 nitrogen and oxygen atoms in total. The Kier molecular flexibility index (Phi) is 4.41. The molecule has 0 heterocycles. The summed E-state index contributed by atoms with van der Waals surface area (Å²) in [6.45, 7) is 1.73. The molecule has 1 aromatic rings. The molecular weight excluding hydrogens is 263 g/mol. The van der Waals surface area contributed by atoms with Crippen molar-refractivity contribution in [1.82, 2.24) is 0 Å². The fourth-order valence-corrected chi connectivity index (χ4v) is 2.51. The zero-order chi connectivity index (χ0) is 13.1. The van der Waals surface area contributed by atoms with E-state index >= 15 is 0 Å². The molecule has 0 saturated carbocycles. The van der Waals surface area contributed by atoms with Crippen LogP contribution in [0.1, 0.15) is 18.9 Å². The molecule has 0 bridgehead atoms. The molecule has 3 N–H and O–H groups in total. The van der Waals surface area contributed by atoms with E-state index < -0.39 is 15.8 Å². The zero-order valence-electron chi connectivity index (χ0n) is 9.23. The normalized spacial score (nSPS) is 11.2. The predicted octanol–water partition coefficient (Wildman–Crippen LogP) is 1.61. The minimum Gasteiger partial charge on any atom is -0.389 e. The van der Waals surface area contributed by atoms with Crippen molar-refractivity contribution in [3.8, 4) is 0 Å². The maximum absolute atomic E-state index is 13.5. The molecule has 0 aromatic heterocycles. The van der Waals surface area contributed by atoms with Crippen LogP contribution < -0.4 is 10.5 Å². The van der Waals surface area contributed by atoms with Crippen molar-refractivity contribution in [2.24, 2.45) is 5.73 Å². The molecule has 7 heteroatoms. The number of halogens is 1. The summed E-state index contributed by atoms with van der Waals surface area (Å²) in [5, 5.41) is 0. The quantitative estimate of drug-likeness (QED) is 0.801. The van der Waals surface area contributed by atoms with Crippen molar-refractivity contribution in [3.05, 3.63) is 29.6 Å². The Morgan fingerprint density at radius 3 is 2.65 bits per heavy atom. The SMILES string of the molecule is CCCS(=O)(=O)Nc1ccc(C(N)=S)cc1F. The van der Waals surface area contributed by atoms with Gasteiger partial charge in [0.15, 0.2) is 0 Å². The monoisotopic (exact) mass is 276 g/mol. The number of hydrogen-bond donors (Lipinski definition) is 2. The predicted molar refractivity (Wildman–Crippen MR) is 70.0 cm³/mol. The minimum absolute atomic E-state index is 0.0521. The molecule has 0 aliphatic rings. The molecule has 0 aliphatic carbocycles. The average Bonchev–Trinajstić information content (AvgIpc) is 2.20. The van der Waals surface area contributed by atoms with Gasteiger partial charge in [0.2, 0.25) is 10.0 Å². The number of anilines is 1. The maximum Gasteiger partial charge on any atom is 0.232 e. The summed E-state index contributed by atoms with van der Waals surface area (Å²) in [7, 11) is -3.49. The highest BCUT2D eigenvalue weighted by atomic mass is 32.2. The van der Waals surface area contributed by atoms with Crippen LogP contribution in [-0.2, 0) is 10.0 Å². The van der Waals surface area contributed by atoms with Gasteiger partial charge in [-0.2, -0.15) is 0 Å². The number of benzene rings is 1. The van der Waals surface area contributed by atoms with Crippen LogP contribution in [0.4, 0.5) is 10.1 Å². The summed E-state index contributed by atoms with van der Waals surface area (Å²) < 4.78 is 38.6. The van der Waals surface area contributed by atoms with Gasteiger partial charge in [-0.15, -0.1) is 0 Å². The summed E-state index contributed by atoms with van der Waals surface area (Å²) in [4.78, 5) is 0.0619. The molecule has 0 amide bonds. The highest BCUT2D eigenvalue weighted by Gasteiger charge is 2.12. The lowest BCUT2D eigenvalue weighted by molar-refractivity contribution is 0.597. The van der Waals surface area contributed by atoms with Crippen LogP contribution in [0.2, 0.25) is 0 Å². The van der Waals surface area contributed by atoms with Crippen LogP contribution in [0, 0.1) is 5.82 Å². The first-order valence-corrected chi connectivity index (χ1v) is 7.01. The van der Waals surface area contributed by atoms with E-state index in [1.165, 1.54) is 12.1 Å². The van der Waals surface area contributed by atoms with E-state index in [9.17, 15) is 12.8 Å². The molecule has 0 fully saturated rings. The molecule has 0 aliphatic heterocycles. The van der Waals surface area contributed by atoms with Crippen molar-refractivity contribution >= 4 is 32.9 Å². The van der Waals surface area contributed by atoms with Gasteiger partial charge in [-0.25, -0.2) is 12.8 Å². The second kappa shape index (κ2) is 5.42. The number of rotatable bonds is 5. The summed E-state index contributed by atoms with van der Waals surface area (Å²) in [6, 6.07) is 3.87. The standard InChI is InChI=1S/C10H13FN2O2S2/c1-2-5-17(14,15)13-9-4-3-7(10(12)16)6-8(9)11/h3-4,6,13H,2,5H2,1H3,(H2,12,16). The first kappa shape index (κ1) is 13.9. The molecule has 0 saturated heterocycles. The third-order valence-corrected chi connectivity index (χ3v) is 3.70. The van der Waals surface area contributed by atoms with Crippen molar-refractivity contribution in [1.29, 1.82) is 0 Å². The maximum atomic E-state index is 13.5. The Morgan fingerprint density at radius 1 is 1.53 bits per heavy atom. The third kappa shape index (κ3) is 3.94. The Balaban J connectivity index is 2.98. The third-order valence-electron chi connectivity index (χ3n) is 1.99. The molecule has 0 spiro atoms. The smallest absolute Gasteiger partial charge is 0.232 e. The number of nitrogens with one attached hydrogen (secondary N) is 1. The molecular formula is C10H13FN2O2S2. The summed E-state index contributed by atoms with van der Waals surface area (Å²) in [6.07, 6.45) is 0.460. The number of hydrogen-bond acceptors (Lipinski definition) is 3. The minimum atomic E-state index is -3.49. The number of nitrogens with two attached hydrogens (primary N) is 1. The van der Waals surface area contributed by atoms with E-state index in [4.69, 9.17) is 5.73 Å². The van der Waals surface area contributed by atoms with E-state index in [1.54, 1.807) is 6.92 Å². The van der Waals surface area contributed by atoms with E-state index in [-0.39, 0.29) is 16.4 Å². The lowest BCUT2D eigenvalue weighted by Crippen LogP contribution is -2.17. The summed E-state index contributed by atoms with van der Waals surface area (Å²) in [5.41, 5.74) is 5.59. The first-order valence-electron chi connectivity index (χ1n) is 4.95. The number of sulfonamides is 1. The lowest BCUT2D eigenvalue weighted by Gasteiger charge is -2.08. The van der Waals surface area contributed by atoms with Gasteiger partial charge in [0.1, 0.15) is 10.8 Å². The van der Waals surface area contributed by atoms with Crippen LogP contribution in [0.25, 0.3) is 0 Å². The topological polar surface area (TPSA) is 72.2 Å². The zero-order valence-corrected chi connectivity index (χ0v) is 10.9. The van der Waals surface area contributed by atoms with Gasteiger partial charge in [-0.1, -0.05) is 19.1 Å². The van der Waals surface area contributed by atoms with E-state index in [0.29, 0.717) is 12.0 Å². The summed E-state index contributed by atoms with van der Waals surface area (Å²) in [5.74, 6) is -0.751. The molecule has 0 atom stereocenters. The van der Waals surface area contributed by atoms with Crippen molar-refractivity contribution < 1.29 is 12.8 Å². The van der Waals surface area contributed by atoms with Crippen LogP contribution in [0.5, 0.6) is 0 Å². The molecule has 1 rings (SSSR count). The molecule has 1 aromatic carbocycles. The van der Waals surface area contributed by atoms with Crippen LogP contribution in [0.15, 0.2) is 18.2 Å². The van der Waals surface area contributed by atoms with Gasteiger partial charge >= 0.3 is 0 Å². The van der Waals surface area contributed by atoms with Crippen LogP contribution in [0.3, 0.4) is 0 Å². The fourth-order valence-electron chi connectivity index (χ4n) is 1.24. The van der Waals surface area contributed by atoms with Crippen molar-refractivity contribution in [3.63, 3.8) is 0 Å². The molecule has 94 valence electrons. The van der Waals surface area contributed by atoms with Crippen molar-refractivity contribution in [2.75, 3.05) is 10.5 Å². The Labute approximate surface area is 105 Å². The highest BCUT2D eigenvalue weighted by molar-refractivity contribution is 7.92. The first-order chi connectivity index (χ1) is 7.85. The van der Waals surface area contributed by atoms with E-state index in [0.717, 1.165) is 6.07 Å². The van der Waals surface area contributed by atoms with Crippen molar-refractivity contribution in [2.45, 2.75) is 13.3 Å². The largest absolute Gasteiger partial charge is 0.389 e. The molecule has 17 heavy (non-hydrogen) atoms. The van der Waals surface area contributed by atoms with Gasteiger partial charge in [0.05, 0.1) is 11.4 Å². The summed E-state index contributed by atoms with van der Waals surface area (Å²) >= 11 is 4.69.